The Morgan fingerprint density at radius 2 is 1.67 bits per heavy atom. The normalized spacial score (nSPS) is 12.2. The highest BCUT2D eigenvalue weighted by Gasteiger charge is 2.12. The average molecular weight is 373 g/mol. The third-order valence-electron chi connectivity index (χ3n) is 2.87. The van der Waals surface area contributed by atoms with E-state index in [2.05, 4.69) is 52.9 Å². The summed E-state index contributed by atoms with van der Waals surface area (Å²) in [6.07, 6.45) is 0. The monoisotopic (exact) mass is 372 g/mol. The van der Waals surface area contributed by atoms with Crippen LogP contribution in [-0.2, 0) is 0 Å². The summed E-state index contributed by atoms with van der Waals surface area (Å²) < 4.78 is 6.47. The largest absolute Gasteiger partial charge is 0.496 e. The van der Waals surface area contributed by atoms with E-state index in [9.17, 15) is 0 Å². The fraction of sp³-hybridized carbons (Fsp3) is 0.200. The zero-order valence-corrected chi connectivity index (χ0v) is 13.2. The maximum Gasteiger partial charge on any atom is 0.121 e. The molecule has 0 aliphatic rings. The SMILES string of the molecule is COc1ccc(C(Cl)c2ccc(I)cc2)cc1C. The molecule has 2 rings (SSSR count). The number of ether oxygens (including phenoxy) is 1. The van der Waals surface area contributed by atoms with Gasteiger partial charge in [0.1, 0.15) is 5.75 Å². The van der Waals surface area contributed by atoms with E-state index >= 15 is 0 Å². The standard InChI is InChI=1S/C15H14ClIO/c1-10-9-12(5-8-14(10)18-2)15(16)11-3-6-13(17)7-4-11/h3-9,15H,1-2H3. The molecule has 1 unspecified atom stereocenters. The molecule has 2 aromatic rings. The van der Waals surface area contributed by atoms with E-state index in [1.807, 2.05) is 19.1 Å². The van der Waals surface area contributed by atoms with E-state index in [1.54, 1.807) is 7.11 Å². The Morgan fingerprint density at radius 3 is 2.22 bits per heavy atom. The van der Waals surface area contributed by atoms with E-state index in [1.165, 1.54) is 3.57 Å². The summed E-state index contributed by atoms with van der Waals surface area (Å²) in [4.78, 5) is 0. The molecule has 0 amide bonds. The molecule has 1 nitrogen and oxygen atoms in total. The second-order valence-electron chi connectivity index (χ2n) is 4.14. The molecule has 0 aliphatic carbocycles. The van der Waals surface area contributed by atoms with Crippen molar-refractivity contribution in [3.63, 3.8) is 0 Å². The molecule has 0 aliphatic heterocycles. The molecule has 0 heterocycles. The third kappa shape index (κ3) is 2.98. The molecule has 0 fully saturated rings. The maximum absolute atomic E-state index is 6.51. The molecule has 0 bridgehead atoms. The Balaban J connectivity index is 2.31. The highest BCUT2D eigenvalue weighted by molar-refractivity contribution is 14.1. The number of hydrogen-bond donors (Lipinski definition) is 0. The minimum Gasteiger partial charge on any atom is -0.496 e. The van der Waals surface area contributed by atoms with E-state index in [-0.39, 0.29) is 5.38 Å². The maximum atomic E-state index is 6.51. The van der Waals surface area contributed by atoms with Crippen LogP contribution < -0.4 is 4.74 Å². The minimum atomic E-state index is -0.119. The van der Waals surface area contributed by atoms with Crippen molar-refractivity contribution in [2.24, 2.45) is 0 Å². The number of alkyl halides is 1. The summed E-state index contributed by atoms with van der Waals surface area (Å²) in [6.45, 7) is 2.03. The van der Waals surface area contributed by atoms with Crippen molar-refractivity contribution in [3.05, 3.63) is 62.7 Å². The molecule has 0 aromatic heterocycles. The zero-order chi connectivity index (χ0) is 13.1. The van der Waals surface area contributed by atoms with Gasteiger partial charge in [-0.3, -0.25) is 0 Å². The van der Waals surface area contributed by atoms with Gasteiger partial charge in [-0.05, 0) is 64.4 Å². The fourth-order valence-corrected chi connectivity index (χ4v) is 2.52. The van der Waals surface area contributed by atoms with E-state index in [0.717, 1.165) is 22.4 Å². The average Bonchev–Trinajstić information content (AvgIpc) is 2.38. The molecule has 18 heavy (non-hydrogen) atoms. The van der Waals surface area contributed by atoms with Gasteiger partial charge in [-0.25, -0.2) is 0 Å². The Hall–Kier alpha value is -0.740. The van der Waals surface area contributed by atoms with Crippen LogP contribution in [0.25, 0.3) is 0 Å². The van der Waals surface area contributed by atoms with Gasteiger partial charge in [-0.2, -0.15) is 0 Å². The number of methoxy groups -OCH3 is 1. The zero-order valence-electron chi connectivity index (χ0n) is 10.3. The predicted octanol–water partition coefficient (Wildman–Crippen LogP) is 4.94. The van der Waals surface area contributed by atoms with Crippen LogP contribution in [0.15, 0.2) is 42.5 Å². The van der Waals surface area contributed by atoms with Gasteiger partial charge in [-0.15, -0.1) is 11.6 Å². The van der Waals surface area contributed by atoms with Crippen LogP contribution in [0, 0.1) is 10.5 Å². The van der Waals surface area contributed by atoms with E-state index < -0.39 is 0 Å². The summed E-state index contributed by atoms with van der Waals surface area (Å²) in [7, 11) is 1.68. The Bertz CT molecular complexity index is 537. The first kappa shape index (κ1) is 13.7. The molecule has 94 valence electrons. The van der Waals surface area contributed by atoms with Crippen LogP contribution in [0.5, 0.6) is 5.75 Å². The lowest BCUT2D eigenvalue weighted by atomic mass is 10.0. The van der Waals surface area contributed by atoms with Gasteiger partial charge < -0.3 is 4.74 Å². The highest BCUT2D eigenvalue weighted by atomic mass is 127. The summed E-state index contributed by atoms with van der Waals surface area (Å²) in [5.41, 5.74) is 3.31. The van der Waals surface area contributed by atoms with Crippen LogP contribution in [-0.4, -0.2) is 7.11 Å². The van der Waals surface area contributed by atoms with E-state index in [0.29, 0.717) is 0 Å². The molecule has 3 heteroatoms. The fourth-order valence-electron chi connectivity index (χ4n) is 1.88. The van der Waals surface area contributed by atoms with E-state index in [4.69, 9.17) is 16.3 Å². The first-order valence-corrected chi connectivity index (χ1v) is 7.17. The number of rotatable bonds is 3. The molecular weight excluding hydrogens is 359 g/mol. The predicted molar refractivity (Wildman–Crippen MR) is 84.6 cm³/mol. The van der Waals surface area contributed by atoms with Crippen molar-refractivity contribution in [2.45, 2.75) is 12.3 Å². The topological polar surface area (TPSA) is 9.23 Å². The van der Waals surface area contributed by atoms with Gasteiger partial charge in [0.25, 0.3) is 0 Å². The Morgan fingerprint density at radius 1 is 1.06 bits per heavy atom. The number of hydrogen-bond acceptors (Lipinski definition) is 1. The molecule has 0 N–H and O–H groups in total. The highest BCUT2D eigenvalue weighted by Crippen LogP contribution is 2.31. The van der Waals surface area contributed by atoms with Gasteiger partial charge in [0, 0.05) is 3.57 Å². The molecule has 2 aromatic carbocycles. The number of aryl methyl sites for hydroxylation is 1. The summed E-state index contributed by atoms with van der Waals surface area (Å²) in [6, 6.07) is 14.3. The van der Waals surface area contributed by atoms with Gasteiger partial charge >= 0.3 is 0 Å². The van der Waals surface area contributed by atoms with Crippen LogP contribution >= 0.6 is 34.2 Å². The quantitative estimate of drug-likeness (QED) is 0.548. The third-order valence-corrected chi connectivity index (χ3v) is 4.10. The summed E-state index contributed by atoms with van der Waals surface area (Å²) in [5, 5.41) is -0.119. The Kier molecular flexibility index (Phi) is 4.51. The van der Waals surface area contributed by atoms with Gasteiger partial charge in [0.2, 0.25) is 0 Å². The number of benzene rings is 2. The molecule has 0 saturated heterocycles. The van der Waals surface area contributed by atoms with Gasteiger partial charge in [0.05, 0.1) is 12.5 Å². The van der Waals surface area contributed by atoms with Crippen molar-refractivity contribution < 1.29 is 4.74 Å². The van der Waals surface area contributed by atoms with Crippen LogP contribution in [0.3, 0.4) is 0 Å². The lowest BCUT2D eigenvalue weighted by Gasteiger charge is -2.13. The van der Waals surface area contributed by atoms with Crippen LogP contribution in [0.4, 0.5) is 0 Å². The van der Waals surface area contributed by atoms with Crippen molar-refractivity contribution in [2.75, 3.05) is 7.11 Å². The second-order valence-corrected chi connectivity index (χ2v) is 5.83. The molecule has 0 saturated carbocycles. The first-order chi connectivity index (χ1) is 8.61. The van der Waals surface area contributed by atoms with Crippen LogP contribution in [0.1, 0.15) is 22.1 Å². The molecule has 0 radical (unpaired) electrons. The van der Waals surface area contributed by atoms with Crippen molar-refractivity contribution in [1.29, 1.82) is 0 Å². The number of halogens is 2. The van der Waals surface area contributed by atoms with Crippen LogP contribution in [0.2, 0.25) is 0 Å². The van der Waals surface area contributed by atoms with Gasteiger partial charge in [-0.1, -0.05) is 24.3 Å². The molecule has 1 atom stereocenters. The van der Waals surface area contributed by atoms with Crippen molar-refractivity contribution in [3.8, 4) is 5.75 Å². The summed E-state index contributed by atoms with van der Waals surface area (Å²) >= 11 is 8.80. The van der Waals surface area contributed by atoms with Gasteiger partial charge in [0.15, 0.2) is 0 Å². The molecular formula is C15H14ClIO. The first-order valence-electron chi connectivity index (χ1n) is 5.66. The van der Waals surface area contributed by atoms with Crippen molar-refractivity contribution in [1.82, 2.24) is 0 Å². The Labute approximate surface area is 126 Å². The van der Waals surface area contributed by atoms with Crippen molar-refractivity contribution >= 4 is 34.2 Å². The summed E-state index contributed by atoms with van der Waals surface area (Å²) in [5.74, 6) is 0.894. The second kappa shape index (κ2) is 5.93. The lowest BCUT2D eigenvalue weighted by Crippen LogP contribution is -1.95. The smallest absolute Gasteiger partial charge is 0.121 e. The lowest BCUT2D eigenvalue weighted by molar-refractivity contribution is 0.411. The molecule has 0 spiro atoms. The minimum absolute atomic E-state index is 0.119.